The van der Waals surface area contributed by atoms with Crippen molar-refractivity contribution in [3.05, 3.63) is 83.7 Å². The van der Waals surface area contributed by atoms with Crippen molar-refractivity contribution in [3.8, 4) is 0 Å². The normalized spacial score (nSPS) is 11.9. The van der Waals surface area contributed by atoms with Gasteiger partial charge in [-0.3, -0.25) is 14.8 Å². The molecule has 0 aliphatic heterocycles. The molecule has 2 heterocycles. The summed E-state index contributed by atoms with van der Waals surface area (Å²) in [5.74, 6) is 0.926. The average molecular weight is 532 g/mol. The van der Waals surface area contributed by atoms with Gasteiger partial charge in [-0.25, -0.2) is 4.52 Å². The van der Waals surface area contributed by atoms with E-state index in [1.165, 1.54) is 12.8 Å². The molecule has 4 rings (SSSR count). The Morgan fingerprint density at radius 3 is 2.44 bits per heavy atom. The zero-order valence-electron chi connectivity index (χ0n) is 24.7. The number of rotatable bonds is 9. The van der Waals surface area contributed by atoms with Gasteiger partial charge in [-0.15, -0.1) is 0 Å². The number of amides is 1. The summed E-state index contributed by atoms with van der Waals surface area (Å²) in [4.78, 5) is 18.6. The van der Waals surface area contributed by atoms with Crippen LogP contribution in [0, 0.1) is 19.8 Å². The third-order valence-corrected chi connectivity index (χ3v) is 5.54. The Balaban J connectivity index is 0.000000315. The number of carbonyl (C=O) groups is 1. The fourth-order valence-corrected chi connectivity index (χ4v) is 3.45. The number of fused-ring (bicyclic) bond motifs is 1. The van der Waals surface area contributed by atoms with Crippen LogP contribution in [-0.4, -0.2) is 42.2 Å². The molecule has 0 atom stereocenters. The molecule has 1 saturated carbocycles. The Hall–Kier alpha value is -3.84. The first-order valence-corrected chi connectivity index (χ1v) is 13.3. The van der Waals surface area contributed by atoms with Crippen LogP contribution in [0.2, 0.25) is 0 Å². The van der Waals surface area contributed by atoms with E-state index in [0.29, 0.717) is 13.0 Å². The van der Waals surface area contributed by atoms with Gasteiger partial charge in [0.1, 0.15) is 0 Å². The highest BCUT2D eigenvalue weighted by Crippen LogP contribution is 2.28. The van der Waals surface area contributed by atoms with Crippen molar-refractivity contribution in [2.24, 2.45) is 15.9 Å². The standard InChI is InChI=1S/C15H17N3.C10H12N2O.C5H10O.C2H6/c1-5-6-14(17-11(2)3)13-7-8-18-15(9-13)12(4)10-16-18;1-8-3-4-9(6-11-2)5-10(8)12-7-13;1-6-4-5-2-3-5;1-2/h5-10H,1H2,2-4H3;3-5,7H,2,6H2,1H3,(H,12,13);5H,2-4H2,1H3;1-2H3/b14-6-;;;. The van der Waals surface area contributed by atoms with E-state index in [9.17, 15) is 4.79 Å². The molecule has 39 heavy (non-hydrogen) atoms. The highest BCUT2D eigenvalue weighted by Gasteiger charge is 2.20. The molecule has 0 bridgehead atoms. The molecule has 3 aromatic rings. The van der Waals surface area contributed by atoms with E-state index >= 15 is 0 Å². The number of pyridine rings is 1. The smallest absolute Gasteiger partial charge is 0.211 e. The van der Waals surface area contributed by atoms with Crippen LogP contribution in [-0.2, 0) is 16.1 Å². The SMILES string of the molecule is C=C/C=C(\N=C(C)C)c1ccn2ncc(C)c2c1.C=NCc1ccc(C)c(NC=O)c1.CC.COCC1CC1. The quantitative estimate of drug-likeness (QED) is 0.176. The van der Waals surface area contributed by atoms with E-state index in [2.05, 4.69) is 46.7 Å². The zero-order chi connectivity index (χ0) is 29.2. The first kappa shape index (κ1) is 33.2. The summed E-state index contributed by atoms with van der Waals surface area (Å²) in [6.45, 7) is 20.7. The van der Waals surface area contributed by atoms with Gasteiger partial charge in [0.15, 0.2) is 0 Å². The predicted molar refractivity (Wildman–Crippen MR) is 167 cm³/mol. The molecule has 1 N–H and O–H groups in total. The van der Waals surface area contributed by atoms with Crippen molar-refractivity contribution < 1.29 is 9.53 Å². The zero-order valence-corrected chi connectivity index (χ0v) is 24.7. The van der Waals surface area contributed by atoms with E-state index in [4.69, 9.17) is 4.74 Å². The maximum absolute atomic E-state index is 10.2. The molecule has 1 fully saturated rings. The molecule has 7 heteroatoms. The van der Waals surface area contributed by atoms with Crippen molar-refractivity contribution >= 4 is 35.7 Å². The minimum Gasteiger partial charge on any atom is -0.384 e. The molecule has 1 amide bonds. The Labute approximate surface area is 234 Å². The second-order valence-electron chi connectivity index (χ2n) is 9.11. The summed E-state index contributed by atoms with van der Waals surface area (Å²) in [5.41, 5.74) is 8.20. The number of ether oxygens (including phenoxy) is 1. The van der Waals surface area contributed by atoms with Gasteiger partial charge in [0, 0.05) is 36.9 Å². The Morgan fingerprint density at radius 1 is 1.18 bits per heavy atom. The lowest BCUT2D eigenvalue weighted by Crippen LogP contribution is -1.97. The second-order valence-corrected chi connectivity index (χ2v) is 9.11. The van der Waals surface area contributed by atoms with Gasteiger partial charge in [-0.2, -0.15) is 5.10 Å². The molecule has 1 aliphatic carbocycles. The van der Waals surface area contributed by atoms with Gasteiger partial charge < -0.3 is 10.1 Å². The Kier molecular flexibility index (Phi) is 15.7. The minimum absolute atomic E-state index is 0.577. The number of nitrogens with one attached hydrogen (secondary N) is 1. The van der Waals surface area contributed by atoms with E-state index < -0.39 is 0 Å². The third kappa shape index (κ3) is 12.0. The molecule has 1 aromatic carbocycles. The summed E-state index contributed by atoms with van der Waals surface area (Å²) in [6.07, 6.45) is 11.0. The number of benzene rings is 1. The predicted octanol–water partition coefficient (Wildman–Crippen LogP) is 7.48. The highest BCUT2D eigenvalue weighted by atomic mass is 16.5. The van der Waals surface area contributed by atoms with Crippen molar-refractivity contribution in [3.63, 3.8) is 0 Å². The molecule has 0 spiro atoms. The number of nitrogens with zero attached hydrogens (tertiary/aromatic N) is 4. The largest absolute Gasteiger partial charge is 0.384 e. The Morgan fingerprint density at radius 2 is 1.90 bits per heavy atom. The molecule has 7 nitrogen and oxygen atoms in total. The number of anilines is 1. The number of aliphatic imine (C=N–C) groups is 2. The molecule has 0 radical (unpaired) electrons. The van der Waals surface area contributed by atoms with Crippen LogP contribution in [0.25, 0.3) is 11.2 Å². The number of aromatic nitrogens is 2. The minimum atomic E-state index is 0.577. The van der Waals surface area contributed by atoms with E-state index in [1.54, 1.807) is 13.2 Å². The number of carbonyl (C=O) groups excluding carboxylic acids is 1. The summed E-state index contributed by atoms with van der Waals surface area (Å²) in [5, 5.41) is 6.90. The lowest BCUT2D eigenvalue weighted by molar-refractivity contribution is -0.105. The number of aryl methyl sites for hydroxylation is 2. The molecule has 2 aromatic heterocycles. The van der Waals surface area contributed by atoms with Crippen LogP contribution in [0.4, 0.5) is 5.69 Å². The van der Waals surface area contributed by atoms with Crippen LogP contribution < -0.4 is 5.32 Å². The Bertz CT molecular complexity index is 1250. The van der Waals surface area contributed by atoms with Crippen LogP contribution >= 0.6 is 0 Å². The summed E-state index contributed by atoms with van der Waals surface area (Å²) >= 11 is 0. The molecule has 0 unspecified atom stereocenters. The summed E-state index contributed by atoms with van der Waals surface area (Å²) in [6, 6.07) is 9.94. The van der Waals surface area contributed by atoms with Crippen LogP contribution in [0.1, 0.15) is 62.8 Å². The van der Waals surface area contributed by atoms with Crippen LogP contribution in [0.3, 0.4) is 0 Å². The first-order chi connectivity index (χ1) is 18.8. The molecule has 210 valence electrons. The second kappa shape index (κ2) is 18.4. The van der Waals surface area contributed by atoms with Gasteiger partial charge in [-0.1, -0.05) is 38.6 Å². The lowest BCUT2D eigenvalue weighted by atomic mass is 10.1. The third-order valence-electron chi connectivity index (χ3n) is 5.54. The molecular weight excluding hydrogens is 486 g/mol. The first-order valence-electron chi connectivity index (χ1n) is 13.3. The molecular formula is C32H45N5O2. The average Bonchev–Trinajstić information content (AvgIpc) is 3.68. The number of allylic oxidation sites excluding steroid dienone is 2. The van der Waals surface area contributed by atoms with Crippen LogP contribution in [0.15, 0.2) is 71.4 Å². The van der Waals surface area contributed by atoms with Crippen LogP contribution in [0.5, 0.6) is 0 Å². The maximum atomic E-state index is 10.2. The van der Waals surface area contributed by atoms with Crippen molar-refractivity contribution in [1.29, 1.82) is 0 Å². The summed E-state index contributed by atoms with van der Waals surface area (Å²) in [7, 11) is 1.76. The maximum Gasteiger partial charge on any atom is 0.211 e. The van der Waals surface area contributed by atoms with Crippen molar-refractivity contribution in [2.75, 3.05) is 19.0 Å². The molecule has 0 saturated heterocycles. The van der Waals surface area contributed by atoms with E-state index in [0.717, 1.165) is 57.4 Å². The van der Waals surface area contributed by atoms with Gasteiger partial charge in [0.25, 0.3) is 0 Å². The number of hydrogen-bond acceptors (Lipinski definition) is 5. The van der Waals surface area contributed by atoms with Gasteiger partial charge in [-0.05, 0) is 94.1 Å². The van der Waals surface area contributed by atoms with Gasteiger partial charge >= 0.3 is 0 Å². The number of hydrogen-bond donors (Lipinski definition) is 1. The molecule has 1 aliphatic rings. The van der Waals surface area contributed by atoms with Crippen molar-refractivity contribution in [1.82, 2.24) is 9.61 Å². The summed E-state index contributed by atoms with van der Waals surface area (Å²) < 4.78 is 6.73. The van der Waals surface area contributed by atoms with Gasteiger partial charge in [0.2, 0.25) is 6.41 Å². The van der Waals surface area contributed by atoms with E-state index in [1.807, 2.05) is 81.9 Å². The van der Waals surface area contributed by atoms with Gasteiger partial charge in [0.05, 0.1) is 24.0 Å². The van der Waals surface area contributed by atoms with Crippen molar-refractivity contribution in [2.45, 2.75) is 60.9 Å². The monoisotopic (exact) mass is 531 g/mol. The number of methoxy groups -OCH3 is 1. The lowest BCUT2D eigenvalue weighted by Gasteiger charge is -2.05. The van der Waals surface area contributed by atoms with E-state index in [-0.39, 0.29) is 0 Å². The fraction of sp³-hybridized carbons (Fsp3) is 0.375. The topological polar surface area (TPSA) is 80.4 Å². The fourth-order valence-electron chi connectivity index (χ4n) is 3.45. The highest BCUT2D eigenvalue weighted by molar-refractivity contribution is 5.86.